The van der Waals surface area contributed by atoms with Crippen LogP contribution < -0.4 is 0 Å². The Kier molecular flexibility index (Phi) is 4.46. The summed E-state index contributed by atoms with van der Waals surface area (Å²) in [5.74, 6) is 1.00. The van der Waals surface area contributed by atoms with Gasteiger partial charge in [-0.05, 0) is 13.0 Å². The van der Waals surface area contributed by atoms with Crippen LogP contribution >= 0.6 is 0 Å². The van der Waals surface area contributed by atoms with Crippen molar-refractivity contribution in [1.82, 2.24) is 24.2 Å². The van der Waals surface area contributed by atoms with Crippen molar-refractivity contribution in [3.05, 3.63) is 48.2 Å². The Morgan fingerprint density at radius 1 is 1.35 bits per heavy atom. The Balaban J connectivity index is 1.40. The highest BCUT2D eigenvalue weighted by atomic mass is 16.5. The standard InChI is InChI=1S/C19H23N5O2/c1-14-12-22(2)19(21-14)17-13-23(9-10-26-17)18(25)7-8-24-16-6-4-3-5-15(16)11-20-24/h3-6,11-12,17H,7-10,13H2,1-2H3. The van der Waals surface area contributed by atoms with Gasteiger partial charge in [0, 0.05) is 31.6 Å². The van der Waals surface area contributed by atoms with Crippen LogP contribution in [0.2, 0.25) is 0 Å². The summed E-state index contributed by atoms with van der Waals surface area (Å²) in [7, 11) is 1.96. The van der Waals surface area contributed by atoms with Crippen LogP contribution in [0.1, 0.15) is 24.0 Å². The van der Waals surface area contributed by atoms with E-state index in [0.29, 0.717) is 32.7 Å². The normalized spacial score (nSPS) is 17.8. The molecule has 0 saturated carbocycles. The lowest BCUT2D eigenvalue weighted by Gasteiger charge is -2.32. The number of nitrogens with zero attached hydrogens (tertiary/aromatic N) is 5. The molecule has 26 heavy (non-hydrogen) atoms. The first-order valence-corrected chi connectivity index (χ1v) is 8.91. The highest BCUT2D eigenvalue weighted by Gasteiger charge is 2.28. The summed E-state index contributed by atoms with van der Waals surface area (Å²) in [4.78, 5) is 19.1. The predicted octanol–water partition coefficient (Wildman–Crippen LogP) is 2.07. The molecule has 1 amide bonds. The van der Waals surface area contributed by atoms with Crippen molar-refractivity contribution in [2.45, 2.75) is 26.0 Å². The molecular formula is C19H23N5O2. The molecule has 1 saturated heterocycles. The van der Waals surface area contributed by atoms with E-state index in [0.717, 1.165) is 22.4 Å². The first-order valence-electron chi connectivity index (χ1n) is 8.91. The number of amides is 1. The van der Waals surface area contributed by atoms with E-state index in [9.17, 15) is 4.79 Å². The van der Waals surface area contributed by atoms with Crippen LogP contribution in [0, 0.1) is 6.92 Å². The van der Waals surface area contributed by atoms with Crippen molar-refractivity contribution in [3.63, 3.8) is 0 Å². The highest BCUT2D eigenvalue weighted by molar-refractivity contribution is 5.79. The van der Waals surface area contributed by atoms with Gasteiger partial charge in [-0.2, -0.15) is 5.10 Å². The van der Waals surface area contributed by atoms with Crippen molar-refractivity contribution >= 4 is 16.8 Å². The van der Waals surface area contributed by atoms with Crippen LogP contribution in [0.15, 0.2) is 36.7 Å². The first kappa shape index (κ1) is 16.8. The smallest absolute Gasteiger partial charge is 0.224 e. The lowest BCUT2D eigenvalue weighted by Crippen LogP contribution is -2.43. The average Bonchev–Trinajstić information content (AvgIpc) is 3.22. The number of para-hydroxylation sites is 1. The zero-order chi connectivity index (χ0) is 18.1. The maximum absolute atomic E-state index is 12.7. The molecule has 0 bridgehead atoms. The summed E-state index contributed by atoms with van der Waals surface area (Å²) in [6.45, 7) is 4.24. The van der Waals surface area contributed by atoms with Crippen molar-refractivity contribution < 1.29 is 9.53 Å². The Morgan fingerprint density at radius 2 is 2.19 bits per heavy atom. The molecule has 7 heteroatoms. The molecule has 1 fully saturated rings. The van der Waals surface area contributed by atoms with Gasteiger partial charge in [-0.15, -0.1) is 0 Å². The molecule has 2 aromatic heterocycles. The Labute approximate surface area is 152 Å². The maximum atomic E-state index is 12.7. The molecule has 1 aliphatic rings. The molecule has 4 rings (SSSR count). The van der Waals surface area contributed by atoms with Gasteiger partial charge in [-0.1, -0.05) is 18.2 Å². The number of morpholine rings is 1. The van der Waals surface area contributed by atoms with Crippen LogP contribution in [-0.4, -0.2) is 49.8 Å². The van der Waals surface area contributed by atoms with Gasteiger partial charge in [0.2, 0.25) is 5.91 Å². The summed E-state index contributed by atoms with van der Waals surface area (Å²) >= 11 is 0. The Bertz CT molecular complexity index is 929. The second kappa shape index (κ2) is 6.92. The molecular weight excluding hydrogens is 330 g/mol. The quantitative estimate of drug-likeness (QED) is 0.720. The molecule has 1 aromatic carbocycles. The Morgan fingerprint density at radius 3 is 3.00 bits per heavy atom. The van der Waals surface area contributed by atoms with Gasteiger partial charge in [0.1, 0.15) is 11.9 Å². The van der Waals surface area contributed by atoms with Gasteiger partial charge in [-0.25, -0.2) is 4.98 Å². The van der Waals surface area contributed by atoms with E-state index in [-0.39, 0.29) is 12.0 Å². The first-order chi connectivity index (χ1) is 12.6. The monoisotopic (exact) mass is 353 g/mol. The van der Waals surface area contributed by atoms with E-state index in [4.69, 9.17) is 4.74 Å². The molecule has 7 nitrogen and oxygen atoms in total. The molecule has 3 aromatic rings. The molecule has 0 N–H and O–H groups in total. The molecule has 0 spiro atoms. The van der Waals surface area contributed by atoms with E-state index >= 15 is 0 Å². The minimum Gasteiger partial charge on any atom is -0.367 e. The number of fused-ring (bicyclic) bond motifs is 1. The van der Waals surface area contributed by atoms with E-state index in [1.807, 2.05) is 64.8 Å². The summed E-state index contributed by atoms with van der Waals surface area (Å²) in [6.07, 6.45) is 4.07. The topological polar surface area (TPSA) is 65.2 Å². The molecule has 136 valence electrons. The number of aromatic nitrogens is 4. The lowest BCUT2D eigenvalue weighted by atomic mass is 10.2. The number of rotatable bonds is 4. The van der Waals surface area contributed by atoms with Crippen LogP contribution in [0.25, 0.3) is 10.9 Å². The molecule has 0 radical (unpaired) electrons. The van der Waals surface area contributed by atoms with Crippen molar-refractivity contribution in [1.29, 1.82) is 0 Å². The zero-order valence-electron chi connectivity index (χ0n) is 15.1. The number of aryl methyl sites for hydroxylation is 3. The zero-order valence-corrected chi connectivity index (χ0v) is 15.1. The van der Waals surface area contributed by atoms with Gasteiger partial charge < -0.3 is 14.2 Å². The highest BCUT2D eigenvalue weighted by Crippen LogP contribution is 2.22. The van der Waals surface area contributed by atoms with Crippen LogP contribution in [0.4, 0.5) is 0 Å². The number of benzene rings is 1. The number of hydrogen-bond donors (Lipinski definition) is 0. The van der Waals surface area contributed by atoms with Crippen molar-refractivity contribution in [2.75, 3.05) is 19.7 Å². The fraction of sp³-hybridized carbons (Fsp3) is 0.421. The summed E-state index contributed by atoms with van der Waals surface area (Å²) < 4.78 is 9.72. The van der Waals surface area contributed by atoms with E-state index in [1.54, 1.807) is 0 Å². The third kappa shape index (κ3) is 3.22. The molecule has 1 aliphatic heterocycles. The van der Waals surface area contributed by atoms with Gasteiger partial charge in [0.25, 0.3) is 0 Å². The summed E-state index contributed by atoms with van der Waals surface area (Å²) in [5.41, 5.74) is 2.02. The van der Waals surface area contributed by atoms with Crippen LogP contribution in [0.3, 0.4) is 0 Å². The number of carbonyl (C=O) groups is 1. The van der Waals surface area contributed by atoms with E-state index in [2.05, 4.69) is 10.1 Å². The lowest BCUT2D eigenvalue weighted by molar-refractivity contribution is -0.139. The van der Waals surface area contributed by atoms with Crippen molar-refractivity contribution in [3.8, 4) is 0 Å². The van der Waals surface area contributed by atoms with Gasteiger partial charge in [-0.3, -0.25) is 9.48 Å². The Hall–Kier alpha value is -2.67. The number of ether oxygens (including phenoxy) is 1. The molecule has 1 unspecified atom stereocenters. The fourth-order valence-electron chi connectivity index (χ4n) is 3.53. The second-order valence-corrected chi connectivity index (χ2v) is 6.73. The second-order valence-electron chi connectivity index (χ2n) is 6.73. The third-order valence-corrected chi connectivity index (χ3v) is 4.83. The van der Waals surface area contributed by atoms with Gasteiger partial charge >= 0.3 is 0 Å². The predicted molar refractivity (Wildman–Crippen MR) is 97.6 cm³/mol. The summed E-state index contributed by atoms with van der Waals surface area (Å²) in [6, 6.07) is 8.04. The molecule has 1 atom stereocenters. The van der Waals surface area contributed by atoms with Crippen LogP contribution in [0.5, 0.6) is 0 Å². The minimum atomic E-state index is -0.170. The van der Waals surface area contributed by atoms with E-state index < -0.39 is 0 Å². The fourth-order valence-corrected chi connectivity index (χ4v) is 3.53. The largest absolute Gasteiger partial charge is 0.367 e. The average molecular weight is 353 g/mol. The molecule has 0 aliphatic carbocycles. The number of carbonyl (C=O) groups excluding carboxylic acids is 1. The van der Waals surface area contributed by atoms with Crippen LogP contribution in [-0.2, 0) is 23.1 Å². The number of hydrogen-bond acceptors (Lipinski definition) is 4. The van der Waals surface area contributed by atoms with E-state index in [1.165, 1.54) is 0 Å². The van der Waals surface area contributed by atoms with Gasteiger partial charge in [0.05, 0.1) is 37.1 Å². The minimum absolute atomic E-state index is 0.129. The van der Waals surface area contributed by atoms with Crippen molar-refractivity contribution in [2.24, 2.45) is 7.05 Å². The van der Waals surface area contributed by atoms with Gasteiger partial charge in [0.15, 0.2) is 0 Å². The maximum Gasteiger partial charge on any atom is 0.224 e. The third-order valence-electron chi connectivity index (χ3n) is 4.83. The summed E-state index contributed by atoms with van der Waals surface area (Å²) in [5, 5.41) is 5.49. The SMILES string of the molecule is Cc1cn(C)c(C2CN(C(=O)CCn3ncc4ccccc43)CCO2)n1. The molecule has 3 heterocycles. The number of imidazole rings is 1.